The third-order valence-corrected chi connectivity index (χ3v) is 3.66. The lowest BCUT2D eigenvalue weighted by Crippen LogP contribution is -2.32. The summed E-state index contributed by atoms with van der Waals surface area (Å²) in [5.74, 6) is 0.173. The van der Waals surface area contributed by atoms with E-state index in [9.17, 15) is 9.59 Å². The number of H-pyrrole nitrogens is 1. The Bertz CT molecular complexity index is 714. The fourth-order valence-electron chi connectivity index (χ4n) is 1.96. The van der Waals surface area contributed by atoms with Crippen molar-refractivity contribution in [2.24, 2.45) is 0 Å². The van der Waals surface area contributed by atoms with Crippen LogP contribution in [0, 0.1) is 0 Å². The van der Waals surface area contributed by atoms with Gasteiger partial charge in [-0.15, -0.1) is 10.2 Å². The molecule has 2 N–H and O–H groups in total. The predicted octanol–water partition coefficient (Wildman–Crippen LogP) is 2.18. The molecule has 2 aromatic rings. The Labute approximate surface area is 130 Å². The lowest BCUT2D eigenvalue weighted by atomic mass is 10.1. The number of nitrogens with zero attached hydrogens (tertiary/aromatic N) is 2. The average molecular weight is 351 g/mol. The Morgan fingerprint density at radius 1 is 1.38 bits per heavy atom. The van der Waals surface area contributed by atoms with Crippen molar-refractivity contribution < 1.29 is 4.79 Å². The van der Waals surface area contributed by atoms with E-state index in [1.807, 2.05) is 31.2 Å². The number of aromatic amines is 1. The highest BCUT2D eigenvalue weighted by atomic mass is 79.9. The van der Waals surface area contributed by atoms with Gasteiger partial charge in [0.1, 0.15) is 0 Å². The highest BCUT2D eigenvalue weighted by Gasteiger charge is 2.17. The summed E-state index contributed by atoms with van der Waals surface area (Å²) >= 11 is 3.40. The van der Waals surface area contributed by atoms with Gasteiger partial charge >= 0.3 is 0 Å². The summed E-state index contributed by atoms with van der Waals surface area (Å²) in [7, 11) is 0. The van der Waals surface area contributed by atoms with Crippen molar-refractivity contribution in [1.29, 1.82) is 0 Å². The maximum absolute atomic E-state index is 12.2. The Morgan fingerprint density at radius 3 is 2.67 bits per heavy atom. The zero-order valence-electron chi connectivity index (χ0n) is 11.7. The average Bonchev–Trinajstić information content (AvgIpc) is 2.45. The molecule has 0 saturated heterocycles. The second-order valence-electron chi connectivity index (χ2n) is 4.53. The quantitative estimate of drug-likeness (QED) is 0.884. The highest BCUT2D eigenvalue weighted by Crippen LogP contribution is 2.24. The van der Waals surface area contributed by atoms with E-state index in [-0.39, 0.29) is 17.2 Å². The molecule has 0 bridgehead atoms. The lowest BCUT2D eigenvalue weighted by molar-refractivity contribution is -0.119. The fourth-order valence-corrected chi connectivity index (χ4v) is 2.43. The number of aromatic nitrogens is 3. The molecule has 110 valence electrons. The number of benzene rings is 1. The van der Waals surface area contributed by atoms with E-state index in [1.165, 1.54) is 6.92 Å². The molecule has 21 heavy (non-hydrogen) atoms. The third kappa shape index (κ3) is 3.55. The van der Waals surface area contributed by atoms with Gasteiger partial charge in [0, 0.05) is 17.0 Å². The summed E-state index contributed by atoms with van der Waals surface area (Å²) in [6.45, 7) is 3.27. The topological polar surface area (TPSA) is 87.7 Å². The van der Waals surface area contributed by atoms with Crippen LogP contribution in [0.1, 0.15) is 32.0 Å². The molecule has 0 spiro atoms. The molecule has 0 fully saturated rings. The molecule has 1 heterocycles. The first-order valence-corrected chi connectivity index (χ1v) is 7.31. The van der Waals surface area contributed by atoms with Crippen molar-refractivity contribution in [2.75, 3.05) is 0 Å². The van der Waals surface area contributed by atoms with Crippen molar-refractivity contribution in [1.82, 2.24) is 20.5 Å². The van der Waals surface area contributed by atoms with Crippen molar-refractivity contribution >= 4 is 21.8 Å². The van der Waals surface area contributed by atoms with E-state index in [4.69, 9.17) is 0 Å². The standard InChI is InChI=1S/C14H15BrN4O2/c1-3-11(16-8(2)20)12-14(21)17-13(19-18-12)9-6-4-5-7-10(9)15/h4-7,11H,3H2,1-2H3,(H,16,20)(H,17,19,21). The molecule has 2 rings (SSSR count). The van der Waals surface area contributed by atoms with E-state index in [0.29, 0.717) is 12.2 Å². The van der Waals surface area contributed by atoms with Crippen molar-refractivity contribution in [3.8, 4) is 11.4 Å². The van der Waals surface area contributed by atoms with Gasteiger partial charge in [-0.05, 0) is 12.5 Å². The van der Waals surface area contributed by atoms with Gasteiger partial charge in [0.15, 0.2) is 11.5 Å². The number of amides is 1. The number of carbonyl (C=O) groups is 1. The minimum absolute atomic E-state index is 0.210. The van der Waals surface area contributed by atoms with Gasteiger partial charge in [0.05, 0.1) is 6.04 Å². The second-order valence-corrected chi connectivity index (χ2v) is 5.38. The van der Waals surface area contributed by atoms with Crippen LogP contribution in [0.5, 0.6) is 0 Å². The summed E-state index contributed by atoms with van der Waals surface area (Å²) in [6.07, 6.45) is 0.561. The smallest absolute Gasteiger partial charge is 0.275 e. The summed E-state index contributed by atoms with van der Waals surface area (Å²) in [5.41, 5.74) is 0.612. The summed E-state index contributed by atoms with van der Waals surface area (Å²) in [6, 6.07) is 6.97. The van der Waals surface area contributed by atoms with Crippen LogP contribution in [-0.2, 0) is 4.79 Å². The van der Waals surface area contributed by atoms with Gasteiger partial charge in [0.2, 0.25) is 5.91 Å². The first-order chi connectivity index (χ1) is 10.0. The molecule has 1 aromatic heterocycles. The molecular formula is C14H15BrN4O2. The van der Waals surface area contributed by atoms with Crippen LogP contribution < -0.4 is 10.9 Å². The van der Waals surface area contributed by atoms with E-state index in [1.54, 1.807) is 0 Å². The second kappa shape index (κ2) is 6.62. The van der Waals surface area contributed by atoms with Gasteiger partial charge in [0.25, 0.3) is 5.56 Å². The first kappa shape index (κ1) is 15.4. The summed E-state index contributed by atoms with van der Waals surface area (Å²) in [5, 5.41) is 10.7. The zero-order chi connectivity index (χ0) is 15.4. The minimum Gasteiger partial charge on any atom is -0.348 e. The van der Waals surface area contributed by atoms with Crippen LogP contribution in [0.2, 0.25) is 0 Å². The molecule has 0 aliphatic rings. The lowest BCUT2D eigenvalue weighted by Gasteiger charge is -2.14. The maximum Gasteiger partial charge on any atom is 0.275 e. The zero-order valence-corrected chi connectivity index (χ0v) is 13.3. The van der Waals surface area contributed by atoms with Gasteiger partial charge in [-0.25, -0.2) is 0 Å². The maximum atomic E-state index is 12.2. The van der Waals surface area contributed by atoms with E-state index in [2.05, 4.69) is 36.4 Å². The minimum atomic E-state index is -0.438. The molecule has 6 nitrogen and oxygen atoms in total. The van der Waals surface area contributed by atoms with Crippen molar-refractivity contribution in [3.05, 3.63) is 44.8 Å². The van der Waals surface area contributed by atoms with Gasteiger partial charge in [-0.1, -0.05) is 41.1 Å². The van der Waals surface area contributed by atoms with Crippen LogP contribution in [0.3, 0.4) is 0 Å². The molecule has 1 amide bonds. The Kier molecular flexibility index (Phi) is 4.85. The van der Waals surface area contributed by atoms with E-state index >= 15 is 0 Å². The van der Waals surface area contributed by atoms with Gasteiger partial charge in [-0.2, -0.15) is 0 Å². The molecule has 0 radical (unpaired) electrons. The SMILES string of the molecule is CCC(NC(C)=O)c1nnc(-c2ccccc2Br)[nH]c1=O. The fraction of sp³-hybridized carbons (Fsp3) is 0.286. The molecule has 0 aliphatic heterocycles. The van der Waals surface area contributed by atoms with E-state index in [0.717, 1.165) is 10.0 Å². The van der Waals surface area contributed by atoms with Crippen LogP contribution in [0.25, 0.3) is 11.4 Å². The molecule has 1 aromatic carbocycles. The van der Waals surface area contributed by atoms with Crippen LogP contribution in [-0.4, -0.2) is 21.1 Å². The largest absolute Gasteiger partial charge is 0.348 e. The van der Waals surface area contributed by atoms with Gasteiger partial charge < -0.3 is 10.3 Å². The first-order valence-electron chi connectivity index (χ1n) is 6.51. The highest BCUT2D eigenvalue weighted by molar-refractivity contribution is 9.10. The number of rotatable bonds is 4. The molecule has 0 saturated carbocycles. The molecule has 7 heteroatoms. The molecular weight excluding hydrogens is 336 g/mol. The molecule has 0 aliphatic carbocycles. The van der Waals surface area contributed by atoms with Gasteiger partial charge in [-0.3, -0.25) is 9.59 Å². The third-order valence-electron chi connectivity index (χ3n) is 2.97. The Morgan fingerprint density at radius 2 is 2.10 bits per heavy atom. The van der Waals surface area contributed by atoms with Crippen LogP contribution >= 0.6 is 15.9 Å². The molecule has 1 unspecified atom stereocenters. The number of carbonyl (C=O) groups excluding carboxylic acids is 1. The number of halogens is 1. The summed E-state index contributed by atoms with van der Waals surface area (Å²) < 4.78 is 0.816. The summed E-state index contributed by atoms with van der Waals surface area (Å²) in [4.78, 5) is 26.0. The monoisotopic (exact) mass is 350 g/mol. The normalized spacial score (nSPS) is 12.0. The van der Waals surface area contributed by atoms with Crippen LogP contribution in [0.15, 0.2) is 33.5 Å². The number of hydrogen-bond donors (Lipinski definition) is 2. The number of hydrogen-bond acceptors (Lipinski definition) is 4. The number of nitrogens with one attached hydrogen (secondary N) is 2. The predicted molar refractivity (Wildman–Crippen MR) is 82.6 cm³/mol. The Hall–Kier alpha value is -2.02. The van der Waals surface area contributed by atoms with Crippen molar-refractivity contribution in [3.63, 3.8) is 0 Å². The van der Waals surface area contributed by atoms with Crippen molar-refractivity contribution in [2.45, 2.75) is 26.3 Å². The Balaban J connectivity index is 2.40. The van der Waals surface area contributed by atoms with E-state index < -0.39 is 6.04 Å². The molecule has 1 atom stereocenters. The van der Waals surface area contributed by atoms with Crippen LogP contribution in [0.4, 0.5) is 0 Å².